The minimum absolute atomic E-state index is 0.150. The molecule has 1 aliphatic rings. The van der Waals surface area contributed by atoms with Crippen LogP contribution in [-0.4, -0.2) is 75.3 Å². The van der Waals surface area contributed by atoms with Crippen LogP contribution in [0.25, 0.3) is 22.0 Å². The van der Waals surface area contributed by atoms with Gasteiger partial charge in [0.1, 0.15) is 17.0 Å². The highest BCUT2D eigenvalue weighted by atomic mass is 16.5. The lowest BCUT2D eigenvalue weighted by molar-refractivity contribution is -0.0210. The standard InChI is InChI=1S/C32H38N4O5/c1-19-15-36(20(2)17-37)32(39)30-29(25-13-9-10-14-26(25)35(30)6)24-12-8-7-11-23(24)18-40-27(19)16-34(5)31(38)28-21(3)33-41-22(28)4/h7-14,19-20,27,37H,15-18H2,1-6H3/t19-,20+,27+/m0/s1. The predicted molar refractivity (Wildman–Crippen MR) is 157 cm³/mol. The Morgan fingerprint density at radius 2 is 1.88 bits per heavy atom. The second-order valence-corrected chi connectivity index (χ2v) is 11.2. The van der Waals surface area contributed by atoms with Gasteiger partial charge in [-0.25, -0.2) is 0 Å². The Kier molecular flexibility index (Phi) is 8.02. The summed E-state index contributed by atoms with van der Waals surface area (Å²) in [6.45, 7) is 8.13. The summed E-state index contributed by atoms with van der Waals surface area (Å²) in [5.74, 6) is -0.0236. The molecule has 0 saturated carbocycles. The molecule has 41 heavy (non-hydrogen) atoms. The number of aryl methyl sites for hydroxylation is 3. The average molecular weight is 559 g/mol. The van der Waals surface area contributed by atoms with Crippen LogP contribution in [0.4, 0.5) is 0 Å². The van der Waals surface area contributed by atoms with Crippen LogP contribution in [0.1, 0.15) is 51.7 Å². The Morgan fingerprint density at radius 3 is 2.59 bits per heavy atom. The van der Waals surface area contributed by atoms with E-state index in [-0.39, 0.29) is 24.3 Å². The van der Waals surface area contributed by atoms with Crippen molar-refractivity contribution < 1.29 is 24.0 Å². The van der Waals surface area contributed by atoms with Gasteiger partial charge in [0, 0.05) is 49.6 Å². The Balaban J connectivity index is 1.60. The second kappa shape index (κ2) is 11.5. The van der Waals surface area contributed by atoms with Crippen molar-refractivity contribution >= 4 is 22.7 Å². The molecule has 0 aliphatic carbocycles. The van der Waals surface area contributed by atoms with E-state index in [1.54, 1.807) is 30.7 Å². The number of aliphatic hydroxyl groups is 1. The van der Waals surface area contributed by atoms with Crippen LogP contribution < -0.4 is 0 Å². The van der Waals surface area contributed by atoms with E-state index in [9.17, 15) is 14.7 Å². The molecule has 0 fully saturated rings. The summed E-state index contributed by atoms with van der Waals surface area (Å²) in [7, 11) is 3.66. The maximum atomic E-state index is 14.5. The number of rotatable bonds is 5. The van der Waals surface area contributed by atoms with Gasteiger partial charge in [-0.2, -0.15) is 0 Å². The zero-order valence-corrected chi connectivity index (χ0v) is 24.5. The molecule has 0 radical (unpaired) electrons. The van der Waals surface area contributed by atoms with Crippen LogP contribution in [0.2, 0.25) is 0 Å². The van der Waals surface area contributed by atoms with Crippen LogP contribution in [0.5, 0.6) is 0 Å². The van der Waals surface area contributed by atoms with Gasteiger partial charge in [0.05, 0.1) is 31.1 Å². The quantitative estimate of drug-likeness (QED) is 0.385. The Morgan fingerprint density at radius 1 is 1.17 bits per heavy atom. The van der Waals surface area contributed by atoms with Gasteiger partial charge in [-0.3, -0.25) is 9.59 Å². The molecular weight excluding hydrogens is 520 g/mol. The molecule has 9 nitrogen and oxygen atoms in total. The number of benzene rings is 2. The normalized spacial score (nSPS) is 18.5. The van der Waals surface area contributed by atoms with E-state index in [0.29, 0.717) is 42.4 Å². The number of hydrogen-bond donors (Lipinski definition) is 1. The molecule has 2 amide bonds. The first-order chi connectivity index (χ1) is 19.6. The summed E-state index contributed by atoms with van der Waals surface area (Å²) in [4.78, 5) is 31.2. The van der Waals surface area contributed by atoms with Gasteiger partial charge in [-0.1, -0.05) is 54.5 Å². The highest BCUT2D eigenvalue weighted by Gasteiger charge is 2.34. The summed E-state index contributed by atoms with van der Waals surface area (Å²) in [5, 5.41) is 15.1. The van der Waals surface area contributed by atoms with E-state index in [1.165, 1.54) is 0 Å². The Labute approximate surface area is 240 Å². The van der Waals surface area contributed by atoms with Crippen molar-refractivity contribution in [1.82, 2.24) is 19.5 Å². The number of nitrogens with zero attached hydrogens (tertiary/aromatic N) is 4. The van der Waals surface area contributed by atoms with Crippen LogP contribution >= 0.6 is 0 Å². The summed E-state index contributed by atoms with van der Waals surface area (Å²) in [5.41, 5.74) is 5.28. The highest BCUT2D eigenvalue weighted by molar-refractivity contribution is 6.10. The van der Waals surface area contributed by atoms with E-state index in [4.69, 9.17) is 9.26 Å². The first-order valence-electron chi connectivity index (χ1n) is 14.0. The van der Waals surface area contributed by atoms with Crippen molar-refractivity contribution in [2.45, 2.75) is 46.4 Å². The monoisotopic (exact) mass is 558 g/mol. The number of ether oxygens (including phenoxy) is 1. The molecule has 2 aromatic heterocycles. The molecule has 5 rings (SSSR count). The number of likely N-dealkylation sites (N-methyl/N-ethyl adjacent to an activating group) is 1. The highest BCUT2D eigenvalue weighted by Crippen LogP contribution is 2.38. The fourth-order valence-corrected chi connectivity index (χ4v) is 5.86. The van der Waals surface area contributed by atoms with Crippen molar-refractivity contribution in [1.29, 1.82) is 0 Å². The topological polar surface area (TPSA) is 101 Å². The lowest BCUT2D eigenvalue weighted by atomic mass is 9.96. The molecular formula is C32H38N4O5. The Bertz CT molecular complexity index is 1570. The molecule has 1 N–H and O–H groups in total. The SMILES string of the molecule is Cc1noc(C)c1C(=O)N(C)C[C@H]1OCc2ccccc2-c2c(n(C)c3ccccc23)C(=O)N([C@H](C)CO)C[C@@H]1C. The van der Waals surface area contributed by atoms with E-state index in [1.807, 2.05) is 74.0 Å². The van der Waals surface area contributed by atoms with Crippen molar-refractivity contribution in [3.8, 4) is 11.1 Å². The number of amides is 2. The van der Waals surface area contributed by atoms with Gasteiger partial charge >= 0.3 is 0 Å². The molecule has 0 saturated heterocycles. The van der Waals surface area contributed by atoms with Crippen LogP contribution in [0.15, 0.2) is 53.1 Å². The number of aromatic nitrogens is 2. The van der Waals surface area contributed by atoms with Gasteiger partial charge in [0.15, 0.2) is 0 Å². The summed E-state index contributed by atoms with van der Waals surface area (Å²) in [6.07, 6.45) is -0.392. The molecule has 216 valence electrons. The molecule has 1 aliphatic heterocycles. The molecule has 2 aromatic carbocycles. The molecule has 4 aromatic rings. The third-order valence-corrected chi connectivity index (χ3v) is 8.27. The van der Waals surface area contributed by atoms with E-state index < -0.39 is 12.1 Å². The minimum atomic E-state index is -0.422. The number of hydrogen-bond acceptors (Lipinski definition) is 6. The third kappa shape index (κ3) is 5.15. The summed E-state index contributed by atoms with van der Waals surface area (Å²) < 4.78 is 13.8. The van der Waals surface area contributed by atoms with Crippen molar-refractivity contribution in [3.05, 3.63) is 76.8 Å². The average Bonchev–Trinajstić information content (AvgIpc) is 3.46. The fourth-order valence-electron chi connectivity index (χ4n) is 5.86. The molecule has 0 unspecified atom stereocenters. The number of carbonyl (C=O) groups is 2. The minimum Gasteiger partial charge on any atom is -0.394 e. The summed E-state index contributed by atoms with van der Waals surface area (Å²) in [6, 6.07) is 15.6. The summed E-state index contributed by atoms with van der Waals surface area (Å²) >= 11 is 0. The molecule has 3 heterocycles. The molecule has 9 heteroatoms. The maximum absolute atomic E-state index is 14.5. The van der Waals surface area contributed by atoms with Gasteiger partial charge < -0.3 is 28.7 Å². The number of fused-ring (bicyclic) bond motifs is 5. The van der Waals surface area contributed by atoms with Crippen molar-refractivity contribution in [2.75, 3.05) is 26.7 Å². The molecule has 0 bridgehead atoms. The number of carbonyl (C=O) groups excluding carboxylic acids is 2. The molecule has 0 spiro atoms. The van der Waals surface area contributed by atoms with Gasteiger partial charge in [0.2, 0.25) is 0 Å². The van der Waals surface area contributed by atoms with Gasteiger partial charge in [-0.15, -0.1) is 0 Å². The first kappa shape index (κ1) is 28.6. The lowest BCUT2D eigenvalue weighted by Crippen LogP contribution is -2.48. The zero-order valence-electron chi connectivity index (χ0n) is 24.5. The zero-order chi connectivity index (χ0) is 29.4. The predicted octanol–water partition coefficient (Wildman–Crippen LogP) is 4.58. The Hall–Kier alpha value is -3.95. The largest absolute Gasteiger partial charge is 0.394 e. The van der Waals surface area contributed by atoms with E-state index in [0.717, 1.165) is 27.6 Å². The van der Waals surface area contributed by atoms with E-state index >= 15 is 0 Å². The first-order valence-corrected chi connectivity index (χ1v) is 14.0. The van der Waals surface area contributed by atoms with Crippen LogP contribution in [-0.2, 0) is 18.4 Å². The van der Waals surface area contributed by atoms with E-state index in [2.05, 4.69) is 5.16 Å². The lowest BCUT2D eigenvalue weighted by Gasteiger charge is -2.35. The van der Waals surface area contributed by atoms with Crippen molar-refractivity contribution in [3.63, 3.8) is 0 Å². The van der Waals surface area contributed by atoms with Crippen LogP contribution in [0.3, 0.4) is 0 Å². The fraction of sp³-hybridized carbons (Fsp3) is 0.406. The second-order valence-electron chi connectivity index (χ2n) is 11.2. The van der Waals surface area contributed by atoms with Gasteiger partial charge in [-0.05, 0) is 38.0 Å². The number of para-hydroxylation sites is 1. The van der Waals surface area contributed by atoms with Crippen LogP contribution in [0, 0.1) is 19.8 Å². The number of aliphatic hydroxyl groups excluding tert-OH is 1. The smallest absolute Gasteiger partial charge is 0.271 e. The maximum Gasteiger partial charge on any atom is 0.271 e. The van der Waals surface area contributed by atoms with Crippen molar-refractivity contribution in [2.24, 2.45) is 13.0 Å². The third-order valence-electron chi connectivity index (χ3n) is 8.27. The van der Waals surface area contributed by atoms with Gasteiger partial charge in [0.25, 0.3) is 11.8 Å². The molecule has 3 atom stereocenters.